The maximum Gasteiger partial charge on any atom is 0.277 e. The number of hydrogen-bond donors (Lipinski definition) is 1. The minimum Gasteiger partial charge on any atom is -0.302 e. The summed E-state index contributed by atoms with van der Waals surface area (Å²) in [6.07, 6.45) is 1.39. The van der Waals surface area contributed by atoms with E-state index in [1.54, 1.807) is 13.0 Å². The zero-order chi connectivity index (χ0) is 13.3. The molecular weight excluding hydrogens is 275 g/mol. The monoisotopic (exact) mass is 284 g/mol. The molecule has 1 aromatic carbocycles. The van der Waals surface area contributed by atoms with Crippen LogP contribution in [-0.2, 0) is 6.54 Å². The first kappa shape index (κ1) is 12.9. The molecule has 18 heavy (non-hydrogen) atoms. The largest absolute Gasteiger partial charge is 0.302 e. The molecule has 0 fully saturated rings. The predicted octanol–water partition coefficient (Wildman–Crippen LogP) is 2.73. The van der Waals surface area contributed by atoms with Crippen molar-refractivity contribution in [3.8, 4) is 0 Å². The highest BCUT2D eigenvalue weighted by Crippen LogP contribution is 2.22. The third kappa shape index (κ3) is 2.21. The van der Waals surface area contributed by atoms with Gasteiger partial charge in [0.15, 0.2) is 0 Å². The molecular formula is C12H10Cl2N2O2. The van der Waals surface area contributed by atoms with Crippen LogP contribution in [0.1, 0.15) is 22.8 Å². The van der Waals surface area contributed by atoms with Gasteiger partial charge < -0.3 is 5.10 Å². The maximum atomic E-state index is 12.2. The number of hydrogen-bond acceptors (Lipinski definition) is 2. The number of ketones is 1. The zero-order valence-corrected chi connectivity index (χ0v) is 11.0. The molecule has 0 atom stereocenters. The number of carbonyl (C=O) groups is 1. The minimum atomic E-state index is -0.412. The highest BCUT2D eigenvalue weighted by molar-refractivity contribution is 6.37. The molecule has 0 radical (unpaired) electrons. The van der Waals surface area contributed by atoms with E-state index in [-0.39, 0.29) is 21.7 Å². The van der Waals surface area contributed by atoms with Crippen LogP contribution in [0, 0.1) is 0 Å². The molecule has 0 bridgehead atoms. The van der Waals surface area contributed by atoms with Crippen molar-refractivity contribution in [1.29, 1.82) is 0 Å². The molecule has 0 aliphatic rings. The Bertz CT molecular complexity index is 658. The lowest BCUT2D eigenvalue weighted by Gasteiger charge is -2.01. The molecule has 0 unspecified atom stereocenters. The van der Waals surface area contributed by atoms with Gasteiger partial charge in [0, 0.05) is 23.3 Å². The molecule has 0 saturated carbocycles. The number of aryl methyl sites for hydroxylation is 1. The van der Waals surface area contributed by atoms with Gasteiger partial charge in [-0.05, 0) is 25.1 Å². The Hall–Kier alpha value is -1.52. The van der Waals surface area contributed by atoms with Crippen LogP contribution >= 0.6 is 23.2 Å². The molecule has 1 aromatic heterocycles. The van der Waals surface area contributed by atoms with Crippen LogP contribution in [0.4, 0.5) is 0 Å². The number of halogens is 2. The lowest BCUT2D eigenvalue weighted by Crippen LogP contribution is -2.21. The van der Waals surface area contributed by atoms with E-state index >= 15 is 0 Å². The summed E-state index contributed by atoms with van der Waals surface area (Å²) < 4.78 is 1.34. The quantitative estimate of drug-likeness (QED) is 0.881. The summed E-state index contributed by atoms with van der Waals surface area (Å²) in [6.45, 7) is 2.28. The van der Waals surface area contributed by atoms with E-state index in [0.29, 0.717) is 11.6 Å². The number of benzene rings is 1. The van der Waals surface area contributed by atoms with Crippen molar-refractivity contribution in [2.75, 3.05) is 0 Å². The molecule has 0 amide bonds. The van der Waals surface area contributed by atoms with Gasteiger partial charge in [0.25, 0.3) is 5.56 Å². The zero-order valence-electron chi connectivity index (χ0n) is 9.54. The molecule has 0 aliphatic heterocycles. The smallest absolute Gasteiger partial charge is 0.277 e. The summed E-state index contributed by atoms with van der Waals surface area (Å²) in [5, 5.41) is 3.39. The Balaban J connectivity index is 2.48. The standard InChI is InChI=1S/C12H10Cl2N2O2/c1-2-16-12(18)9(6-15-16)11(17)8-4-3-7(13)5-10(8)14/h3-6,15H,2H2,1H3. The number of aromatic amines is 1. The highest BCUT2D eigenvalue weighted by atomic mass is 35.5. The van der Waals surface area contributed by atoms with Gasteiger partial charge in [0.1, 0.15) is 5.56 Å². The summed E-state index contributed by atoms with van der Waals surface area (Å²) in [5.41, 5.74) is -0.0185. The second kappa shape index (κ2) is 5.00. The normalized spacial score (nSPS) is 10.6. The summed E-state index contributed by atoms with van der Waals surface area (Å²) in [4.78, 5) is 24.0. The van der Waals surface area contributed by atoms with E-state index in [0.717, 1.165) is 0 Å². The fourth-order valence-electron chi connectivity index (χ4n) is 1.62. The van der Waals surface area contributed by atoms with E-state index < -0.39 is 5.78 Å². The summed E-state index contributed by atoms with van der Waals surface area (Å²) >= 11 is 11.7. The van der Waals surface area contributed by atoms with Crippen LogP contribution in [0.5, 0.6) is 0 Å². The third-order valence-electron chi connectivity index (χ3n) is 2.58. The van der Waals surface area contributed by atoms with E-state index in [1.165, 1.54) is 23.0 Å². The number of nitrogens with zero attached hydrogens (tertiary/aromatic N) is 1. The van der Waals surface area contributed by atoms with Crippen LogP contribution in [0.3, 0.4) is 0 Å². The van der Waals surface area contributed by atoms with E-state index in [9.17, 15) is 9.59 Å². The topological polar surface area (TPSA) is 54.9 Å². The first-order valence-electron chi connectivity index (χ1n) is 5.32. The Morgan fingerprint density at radius 3 is 2.61 bits per heavy atom. The molecule has 1 N–H and O–H groups in total. The predicted molar refractivity (Wildman–Crippen MR) is 70.6 cm³/mol. The number of rotatable bonds is 3. The first-order valence-corrected chi connectivity index (χ1v) is 6.08. The number of H-pyrrole nitrogens is 1. The average Bonchev–Trinajstić information content (AvgIpc) is 2.69. The number of nitrogens with one attached hydrogen (secondary N) is 1. The molecule has 4 nitrogen and oxygen atoms in total. The second-order valence-corrected chi connectivity index (χ2v) is 4.53. The lowest BCUT2D eigenvalue weighted by molar-refractivity contribution is 0.103. The van der Waals surface area contributed by atoms with E-state index in [4.69, 9.17) is 23.2 Å². The van der Waals surface area contributed by atoms with Crippen LogP contribution in [0.2, 0.25) is 10.0 Å². The highest BCUT2D eigenvalue weighted by Gasteiger charge is 2.18. The van der Waals surface area contributed by atoms with Crippen molar-refractivity contribution < 1.29 is 4.79 Å². The average molecular weight is 285 g/mol. The maximum absolute atomic E-state index is 12.2. The van der Waals surface area contributed by atoms with Crippen molar-refractivity contribution in [3.63, 3.8) is 0 Å². The Labute approximate surface area is 113 Å². The molecule has 0 saturated heterocycles. The van der Waals surface area contributed by atoms with Crippen molar-refractivity contribution >= 4 is 29.0 Å². The third-order valence-corrected chi connectivity index (χ3v) is 3.12. The van der Waals surface area contributed by atoms with Crippen molar-refractivity contribution in [2.24, 2.45) is 0 Å². The van der Waals surface area contributed by atoms with Crippen LogP contribution in [0.25, 0.3) is 0 Å². The van der Waals surface area contributed by atoms with Gasteiger partial charge in [-0.3, -0.25) is 14.3 Å². The van der Waals surface area contributed by atoms with Gasteiger partial charge in [-0.25, -0.2) is 0 Å². The number of aromatic nitrogens is 2. The number of carbonyl (C=O) groups excluding carboxylic acids is 1. The first-order chi connectivity index (χ1) is 8.54. The summed E-state index contributed by atoms with van der Waals surface area (Å²) in [5.74, 6) is -0.412. The van der Waals surface area contributed by atoms with Crippen molar-refractivity contribution in [1.82, 2.24) is 9.78 Å². The van der Waals surface area contributed by atoms with Crippen LogP contribution in [0.15, 0.2) is 29.2 Å². The minimum absolute atomic E-state index is 0.0704. The SMILES string of the molecule is CCn1[nH]cc(C(=O)c2ccc(Cl)cc2Cl)c1=O. The molecule has 2 aromatic rings. The van der Waals surface area contributed by atoms with E-state index in [1.807, 2.05) is 0 Å². The van der Waals surface area contributed by atoms with Gasteiger partial charge >= 0.3 is 0 Å². The Kier molecular flexibility index (Phi) is 3.59. The molecule has 6 heteroatoms. The van der Waals surface area contributed by atoms with Crippen molar-refractivity contribution in [3.05, 3.63) is 55.9 Å². The van der Waals surface area contributed by atoms with Crippen LogP contribution < -0.4 is 5.56 Å². The summed E-state index contributed by atoms with van der Waals surface area (Å²) in [7, 11) is 0. The fourth-order valence-corrected chi connectivity index (χ4v) is 2.12. The molecule has 0 spiro atoms. The van der Waals surface area contributed by atoms with E-state index in [2.05, 4.69) is 5.10 Å². The lowest BCUT2D eigenvalue weighted by atomic mass is 10.1. The van der Waals surface area contributed by atoms with Gasteiger partial charge in [-0.2, -0.15) is 0 Å². The van der Waals surface area contributed by atoms with Gasteiger partial charge in [0.2, 0.25) is 5.78 Å². The van der Waals surface area contributed by atoms with Gasteiger partial charge in [0.05, 0.1) is 5.02 Å². The van der Waals surface area contributed by atoms with Gasteiger partial charge in [-0.1, -0.05) is 23.2 Å². The molecule has 0 aliphatic carbocycles. The second-order valence-electron chi connectivity index (χ2n) is 3.69. The van der Waals surface area contributed by atoms with Gasteiger partial charge in [-0.15, -0.1) is 0 Å². The van der Waals surface area contributed by atoms with Crippen LogP contribution in [-0.4, -0.2) is 15.6 Å². The molecule has 94 valence electrons. The molecule has 2 rings (SSSR count). The summed E-state index contributed by atoms with van der Waals surface area (Å²) in [6, 6.07) is 4.54. The van der Waals surface area contributed by atoms with Crippen molar-refractivity contribution in [2.45, 2.75) is 13.5 Å². The Morgan fingerprint density at radius 1 is 1.33 bits per heavy atom. The molecule has 1 heterocycles. The fraction of sp³-hybridized carbons (Fsp3) is 0.167. The Morgan fingerprint density at radius 2 is 2.06 bits per heavy atom.